The Morgan fingerprint density at radius 1 is 0.862 bits per heavy atom. The monoisotopic (exact) mass is 394 g/mol. The number of allylic oxidation sites excluding steroid dienone is 5. The van der Waals surface area contributed by atoms with Gasteiger partial charge in [-0.2, -0.15) is 0 Å². The van der Waals surface area contributed by atoms with Gasteiger partial charge in [0.25, 0.3) is 0 Å². The van der Waals surface area contributed by atoms with E-state index < -0.39 is 0 Å². The average Bonchev–Trinajstić information content (AvgIpc) is 3.03. The van der Waals surface area contributed by atoms with Crippen molar-refractivity contribution in [1.82, 2.24) is 0 Å². The first-order chi connectivity index (χ1) is 13.7. The molecule has 0 aliphatic heterocycles. The molecule has 29 heavy (non-hydrogen) atoms. The van der Waals surface area contributed by atoms with E-state index >= 15 is 0 Å². The van der Waals surface area contributed by atoms with Gasteiger partial charge in [0, 0.05) is 0 Å². The van der Waals surface area contributed by atoms with Gasteiger partial charge < -0.3 is 5.11 Å². The van der Waals surface area contributed by atoms with Gasteiger partial charge in [-0.25, -0.2) is 0 Å². The smallest absolute Gasteiger partial charge is 0.0543 e. The molecule has 0 radical (unpaired) electrons. The Hall–Kier alpha value is -1.08. The van der Waals surface area contributed by atoms with E-state index in [9.17, 15) is 5.11 Å². The molecule has 0 aromatic carbocycles. The summed E-state index contributed by atoms with van der Waals surface area (Å²) in [5.74, 6) is 3.97. The fourth-order valence-corrected chi connectivity index (χ4v) is 8.31. The van der Waals surface area contributed by atoms with Crippen molar-refractivity contribution in [2.24, 2.45) is 40.4 Å². The number of hydrogen-bond donors (Lipinski definition) is 1. The van der Waals surface area contributed by atoms with E-state index in [4.69, 9.17) is 0 Å². The van der Waals surface area contributed by atoms with Crippen LogP contribution in [-0.2, 0) is 0 Å². The highest BCUT2D eigenvalue weighted by Gasteiger charge is 2.60. The lowest BCUT2D eigenvalue weighted by Gasteiger charge is -2.61. The maximum Gasteiger partial charge on any atom is 0.0543 e. The molecular formula is C28H42O. The van der Waals surface area contributed by atoms with Gasteiger partial charge in [0.05, 0.1) is 6.10 Å². The van der Waals surface area contributed by atoms with E-state index in [-0.39, 0.29) is 6.10 Å². The molecular weight excluding hydrogens is 352 g/mol. The van der Waals surface area contributed by atoms with E-state index in [0.29, 0.717) is 16.7 Å². The third-order valence-corrected chi connectivity index (χ3v) is 10.1. The minimum absolute atomic E-state index is 0.0431. The first kappa shape index (κ1) is 21.2. The van der Waals surface area contributed by atoms with Crippen LogP contribution in [-0.4, -0.2) is 11.2 Å². The first-order valence-corrected chi connectivity index (χ1v) is 12.1. The highest BCUT2D eigenvalue weighted by atomic mass is 16.3. The second kappa shape index (κ2) is 7.56. The quantitative estimate of drug-likeness (QED) is 0.498. The van der Waals surface area contributed by atoms with Crippen molar-refractivity contribution in [3.63, 3.8) is 0 Å². The van der Waals surface area contributed by atoms with Crippen molar-refractivity contribution in [2.75, 3.05) is 0 Å². The minimum atomic E-state index is -0.0431. The maximum absolute atomic E-state index is 10.2. The van der Waals surface area contributed by atoms with Gasteiger partial charge in [0.15, 0.2) is 0 Å². The lowest BCUT2D eigenvalue weighted by molar-refractivity contribution is -0.124. The van der Waals surface area contributed by atoms with Crippen molar-refractivity contribution in [1.29, 1.82) is 0 Å². The molecule has 4 aliphatic carbocycles. The van der Waals surface area contributed by atoms with Crippen molar-refractivity contribution >= 4 is 0 Å². The maximum atomic E-state index is 10.2. The summed E-state index contributed by atoms with van der Waals surface area (Å²) in [7, 11) is 0. The van der Waals surface area contributed by atoms with E-state index in [1.54, 1.807) is 0 Å². The van der Waals surface area contributed by atoms with Crippen LogP contribution >= 0.6 is 0 Å². The largest absolute Gasteiger partial charge is 0.393 e. The molecule has 1 heteroatoms. The molecule has 4 saturated carbocycles. The predicted molar refractivity (Wildman–Crippen MR) is 123 cm³/mol. The topological polar surface area (TPSA) is 20.2 Å². The van der Waals surface area contributed by atoms with Crippen LogP contribution in [0.1, 0.15) is 78.6 Å². The normalized spacial score (nSPS) is 46.6. The van der Waals surface area contributed by atoms with E-state index in [2.05, 4.69) is 45.7 Å². The van der Waals surface area contributed by atoms with Crippen molar-refractivity contribution in [3.05, 3.63) is 48.6 Å². The molecule has 8 atom stereocenters. The lowest BCUT2D eigenvalue weighted by atomic mass is 9.44. The predicted octanol–water partition coefficient (Wildman–Crippen LogP) is 7.25. The summed E-state index contributed by atoms with van der Waals surface area (Å²) in [6.07, 6.45) is 15.7. The van der Waals surface area contributed by atoms with Gasteiger partial charge in [0.1, 0.15) is 0 Å². The second-order valence-corrected chi connectivity index (χ2v) is 11.5. The SMILES string of the molecule is C=C(C)C(=C)C=CC(=C)[C@H]1CC[C@H]2[C@@H]3CCC4CC(O)CC[C@]4(C)[C@H]3CC[C@]12C. The summed E-state index contributed by atoms with van der Waals surface area (Å²) in [6, 6.07) is 0. The molecule has 0 spiro atoms. The van der Waals surface area contributed by atoms with Gasteiger partial charge >= 0.3 is 0 Å². The molecule has 0 aromatic rings. The fraction of sp³-hybridized carbons (Fsp3) is 0.714. The summed E-state index contributed by atoms with van der Waals surface area (Å²) < 4.78 is 0. The zero-order chi connectivity index (χ0) is 21.0. The summed E-state index contributed by atoms with van der Waals surface area (Å²) in [5.41, 5.74) is 4.23. The third kappa shape index (κ3) is 3.42. The van der Waals surface area contributed by atoms with E-state index in [1.165, 1.54) is 50.5 Å². The zero-order valence-corrected chi connectivity index (χ0v) is 19.1. The van der Waals surface area contributed by atoms with Gasteiger partial charge in [-0.05, 0) is 111 Å². The van der Waals surface area contributed by atoms with Crippen LogP contribution in [0.3, 0.4) is 0 Å². The molecule has 1 nitrogen and oxygen atoms in total. The molecule has 1 N–H and O–H groups in total. The number of rotatable bonds is 4. The Kier molecular flexibility index (Phi) is 5.52. The highest BCUT2D eigenvalue weighted by Crippen LogP contribution is 2.68. The Balaban J connectivity index is 1.52. The summed E-state index contributed by atoms with van der Waals surface area (Å²) in [6.45, 7) is 19.8. The lowest BCUT2D eigenvalue weighted by Crippen LogP contribution is -2.53. The number of fused-ring (bicyclic) bond motifs is 5. The fourth-order valence-electron chi connectivity index (χ4n) is 8.31. The summed E-state index contributed by atoms with van der Waals surface area (Å²) in [5, 5.41) is 10.2. The minimum Gasteiger partial charge on any atom is -0.393 e. The standard InChI is InChI=1S/C28H42O/c1-18(2)19(3)7-8-20(4)24-11-12-25-23-10-9-21-17-22(29)13-15-27(21,5)26(23)14-16-28(24,25)6/h7-8,21-26,29H,1,3-4,9-17H2,2,5-6H3/t21?,22?,23-,24+,25-,26-,27-,28+/m0/s1. The Morgan fingerprint density at radius 3 is 2.28 bits per heavy atom. The van der Waals surface area contributed by atoms with Crippen molar-refractivity contribution in [2.45, 2.75) is 84.7 Å². The third-order valence-electron chi connectivity index (χ3n) is 10.1. The Morgan fingerprint density at radius 2 is 1.55 bits per heavy atom. The zero-order valence-electron chi connectivity index (χ0n) is 19.1. The molecule has 0 bridgehead atoms. The second-order valence-electron chi connectivity index (χ2n) is 11.5. The summed E-state index contributed by atoms with van der Waals surface area (Å²) in [4.78, 5) is 0. The number of aliphatic hydroxyl groups is 1. The molecule has 0 amide bonds. The number of hydrogen-bond acceptors (Lipinski definition) is 1. The van der Waals surface area contributed by atoms with Gasteiger partial charge in [-0.1, -0.05) is 56.9 Å². The van der Waals surface area contributed by atoms with Crippen LogP contribution in [0.5, 0.6) is 0 Å². The Labute approximate surface area is 179 Å². The van der Waals surface area contributed by atoms with Crippen LogP contribution in [0.2, 0.25) is 0 Å². The van der Waals surface area contributed by atoms with Crippen LogP contribution < -0.4 is 0 Å². The van der Waals surface area contributed by atoms with E-state index in [1.807, 2.05) is 6.92 Å². The van der Waals surface area contributed by atoms with Crippen molar-refractivity contribution in [3.8, 4) is 0 Å². The molecule has 2 unspecified atom stereocenters. The van der Waals surface area contributed by atoms with Crippen LogP contribution in [0.4, 0.5) is 0 Å². The van der Waals surface area contributed by atoms with Gasteiger partial charge in [-0.15, -0.1) is 0 Å². The molecule has 4 rings (SSSR count). The van der Waals surface area contributed by atoms with Crippen molar-refractivity contribution < 1.29 is 5.11 Å². The molecule has 0 heterocycles. The van der Waals surface area contributed by atoms with Crippen LogP contribution in [0, 0.1) is 40.4 Å². The molecule has 0 aromatic heterocycles. The van der Waals surface area contributed by atoms with Gasteiger partial charge in [0.2, 0.25) is 0 Å². The highest BCUT2D eigenvalue weighted by molar-refractivity contribution is 5.38. The molecule has 4 fully saturated rings. The number of aliphatic hydroxyl groups excluding tert-OH is 1. The Bertz CT molecular complexity index is 729. The summed E-state index contributed by atoms with van der Waals surface area (Å²) >= 11 is 0. The van der Waals surface area contributed by atoms with Gasteiger partial charge in [-0.3, -0.25) is 0 Å². The average molecular weight is 395 g/mol. The molecule has 160 valence electrons. The molecule has 0 saturated heterocycles. The van der Waals surface area contributed by atoms with Crippen LogP contribution in [0.25, 0.3) is 0 Å². The van der Waals surface area contributed by atoms with E-state index in [0.717, 1.165) is 47.7 Å². The van der Waals surface area contributed by atoms with Crippen LogP contribution in [0.15, 0.2) is 48.6 Å². The first-order valence-electron chi connectivity index (χ1n) is 12.1. The molecule has 4 aliphatic rings.